The number of hydrogen-bond donors (Lipinski definition) is 8. The first-order valence-corrected chi connectivity index (χ1v) is 24.1. The highest BCUT2D eigenvalue weighted by Crippen LogP contribution is 2.23. The molecule has 1 aliphatic rings. The number of aliphatic hydroxyl groups excluding tert-OH is 7. The van der Waals surface area contributed by atoms with Crippen molar-refractivity contribution in [2.45, 2.75) is 268 Å². The first kappa shape index (κ1) is 54.9. The summed E-state index contributed by atoms with van der Waals surface area (Å²) in [7, 11) is 0. The Labute approximate surface area is 353 Å². The van der Waals surface area contributed by atoms with Gasteiger partial charge in [-0.25, -0.2) is 0 Å². The quantitative estimate of drug-likeness (QED) is 0.0222. The molecule has 0 aliphatic carbocycles. The fourth-order valence-corrected chi connectivity index (χ4v) is 7.79. The summed E-state index contributed by atoms with van der Waals surface area (Å²) in [6, 6.07) is -1.18. The zero-order valence-corrected chi connectivity index (χ0v) is 37.0. The van der Waals surface area contributed by atoms with E-state index < -0.39 is 74.2 Å². The number of unbranched alkanes of at least 4 members (excludes halogenated alkanes) is 26. The first-order valence-electron chi connectivity index (χ1n) is 24.1. The van der Waals surface area contributed by atoms with Crippen LogP contribution in [0.2, 0.25) is 0 Å². The normalized spacial score (nSPS) is 22.0. The van der Waals surface area contributed by atoms with E-state index in [0.29, 0.717) is 12.8 Å². The van der Waals surface area contributed by atoms with Gasteiger partial charge in [0.05, 0.1) is 25.4 Å². The second-order valence-electron chi connectivity index (χ2n) is 17.2. The van der Waals surface area contributed by atoms with Crippen LogP contribution < -0.4 is 5.32 Å². The first-order chi connectivity index (χ1) is 28.2. The molecule has 9 atom stereocenters. The Morgan fingerprint density at radius 2 is 1.02 bits per heavy atom. The highest BCUT2D eigenvalue weighted by Gasteiger charge is 2.44. The second kappa shape index (κ2) is 37.6. The monoisotopic (exact) mass is 830 g/mol. The standard InChI is InChI=1S/C47H91NO10/c1-3-5-7-9-11-13-15-17-18-19-20-21-23-25-27-29-31-33-35-40(51)46(56)48-38(37-57-47-45(55)44(54)43(53)41(36-49)58-47)42(52)39(50)34-32-30-28-26-24-22-16-14-12-10-8-6-4-2/h26,28,38-45,47,49-55H,3-25,27,29-37H2,1-2H3,(H,48,56)/b28-26+. The number of aliphatic hydroxyl groups is 7. The van der Waals surface area contributed by atoms with E-state index in [1.165, 1.54) is 135 Å². The Balaban J connectivity index is 2.43. The van der Waals surface area contributed by atoms with Crippen molar-refractivity contribution in [1.82, 2.24) is 5.32 Å². The maximum atomic E-state index is 13.1. The topological polar surface area (TPSA) is 189 Å². The van der Waals surface area contributed by atoms with Gasteiger partial charge >= 0.3 is 0 Å². The van der Waals surface area contributed by atoms with Crippen LogP contribution in [0.5, 0.6) is 0 Å². The molecule has 344 valence electrons. The molecular weight excluding hydrogens is 739 g/mol. The smallest absolute Gasteiger partial charge is 0.249 e. The minimum absolute atomic E-state index is 0.259. The molecule has 9 unspecified atom stereocenters. The van der Waals surface area contributed by atoms with E-state index in [0.717, 1.165) is 38.5 Å². The average Bonchev–Trinajstić information content (AvgIpc) is 3.22. The lowest BCUT2D eigenvalue weighted by atomic mass is 9.98. The van der Waals surface area contributed by atoms with Crippen molar-refractivity contribution in [1.29, 1.82) is 0 Å². The number of rotatable bonds is 40. The molecule has 0 spiro atoms. The van der Waals surface area contributed by atoms with E-state index in [4.69, 9.17) is 9.47 Å². The molecule has 58 heavy (non-hydrogen) atoms. The van der Waals surface area contributed by atoms with E-state index in [9.17, 15) is 40.5 Å². The van der Waals surface area contributed by atoms with Crippen LogP contribution in [0.4, 0.5) is 0 Å². The molecular formula is C47H91NO10. The average molecular weight is 830 g/mol. The summed E-state index contributed by atoms with van der Waals surface area (Å²) < 4.78 is 11.1. The van der Waals surface area contributed by atoms with Crippen LogP contribution in [0.1, 0.15) is 213 Å². The highest BCUT2D eigenvalue weighted by atomic mass is 16.7. The Morgan fingerprint density at radius 3 is 1.48 bits per heavy atom. The van der Waals surface area contributed by atoms with Crippen LogP contribution in [-0.4, -0.2) is 110 Å². The molecule has 8 N–H and O–H groups in total. The molecule has 11 heteroatoms. The molecule has 0 aromatic carbocycles. The molecule has 1 fully saturated rings. The van der Waals surface area contributed by atoms with Gasteiger partial charge in [-0.3, -0.25) is 4.79 Å². The third kappa shape index (κ3) is 26.9. The van der Waals surface area contributed by atoms with Gasteiger partial charge in [-0.2, -0.15) is 0 Å². The SMILES string of the molecule is CCCCCCCCCC/C=C/CCCC(O)C(O)C(COC1OC(CO)C(O)C(O)C1O)NC(=O)C(O)CCCCCCCCCCCCCCCCCCCC. The lowest BCUT2D eigenvalue weighted by Gasteiger charge is -2.40. The summed E-state index contributed by atoms with van der Waals surface area (Å²) in [5.41, 5.74) is 0. The van der Waals surface area contributed by atoms with Crippen molar-refractivity contribution in [2.24, 2.45) is 0 Å². The number of amides is 1. The third-order valence-electron chi connectivity index (χ3n) is 11.8. The fraction of sp³-hybridized carbons (Fsp3) is 0.936. The van der Waals surface area contributed by atoms with E-state index in [-0.39, 0.29) is 12.8 Å². The fourth-order valence-electron chi connectivity index (χ4n) is 7.79. The molecule has 0 aromatic rings. The predicted molar refractivity (Wildman–Crippen MR) is 233 cm³/mol. The Kier molecular flexibility index (Phi) is 35.6. The van der Waals surface area contributed by atoms with Crippen LogP contribution in [0.15, 0.2) is 12.2 Å². The lowest BCUT2D eigenvalue weighted by Crippen LogP contribution is -2.60. The number of ether oxygens (including phenoxy) is 2. The van der Waals surface area contributed by atoms with Gasteiger partial charge in [0.2, 0.25) is 5.91 Å². The Morgan fingerprint density at radius 1 is 0.586 bits per heavy atom. The summed E-state index contributed by atoms with van der Waals surface area (Å²) in [5, 5.41) is 75.6. The zero-order chi connectivity index (χ0) is 42.6. The summed E-state index contributed by atoms with van der Waals surface area (Å²) in [5.74, 6) is -0.704. The van der Waals surface area contributed by atoms with E-state index in [1.54, 1.807) is 0 Å². The van der Waals surface area contributed by atoms with Crippen molar-refractivity contribution in [2.75, 3.05) is 13.2 Å². The van der Waals surface area contributed by atoms with Gasteiger partial charge in [-0.1, -0.05) is 187 Å². The molecule has 0 aromatic heterocycles. The number of carbonyl (C=O) groups excluding carboxylic acids is 1. The van der Waals surface area contributed by atoms with Gasteiger partial charge in [0.15, 0.2) is 6.29 Å². The molecule has 0 saturated carbocycles. The zero-order valence-electron chi connectivity index (χ0n) is 37.0. The van der Waals surface area contributed by atoms with Crippen LogP contribution >= 0.6 is 0 Å². The predicted octanol–water partition coefficient (Wildman–Crippen LogP) is 8.06. The van der Waals surface area contributed by atoms with Gasteiger partial charge in [0.1, 0.15) is 36.6 Å². The lowest BCUT2D eigenvalue weighted by molar-refractivity contribution is -0.303. The summed E-state index contributed by atoms with van der Waals surface area (Å²) >= 11 is 0. The van der Waals surface area contributed by atoms with Crippen molar-refractivity contribution < 1.29 is 50.0 Å². The maximum Gasteiger partial charge on any atom is 0.249 e. The van der Waals surface area contributed by atoms with Gasteiger partial charge < -0.3 is 50.5 Å². The molecule has 11 nitrogen and oxygen atoms in total. The highest BCUT2D eigenvalue weighted by molar-refractivity contribution is 5.80. The van der Waals surface area contributed by atoms with Gasteiger partial charge in [-0.15, -0.1) is 0 Å². The Bertz CT molecular complexity index is 954. The molecule has 0 radical (unpaired) electrons. The second-order valence-corrected chi connectivity index (χ2v) is 17.2. The largest absolute Gasteiger partial charge is 0.394 e. The summed E-state index contributed by atoms with van der Waals surface area (Å²) in [4.78, 5) is 13.1. The third-order valence-corrected chi connectivity index (χ3v) is 11.8. The number of nitrogens with one attached hydrogen (secondary N) is 1. The van der Waals surface area contributed by atoms with Gasteiger partial charge in [0.25, 0.3) is 0 Å². The van der Waals surface area contributed by atoms with Crippen LogP contribution in [-0.2, 0) is 14.3 Å². The number of carbonyl (C=O) groups is 1. The number of hydrogen-bond acceptors (Lipinski definition) is 10. The summed E-state index contributed by atoms with van der Waals surface area (Å²) in [6.45, 7) is 3.43. The molecule has 1 heterocycles. The number of allylic oxidation sites excluding steroid dienone is 2. The van der Waals surface area contributed by atoms with Crippen molar-refractivity contribution in [3.05, 3.63) is 12.2 Å². The van der Waals surface area contributed by atoms with E-state index in [1.807, 2.05) is 0 Å². The van der Waals surface area contributed by atoms with Gasteiger partial charge in [-0.05, 0) is 38.5 Å². The van der Waals surface area contributed by atoms with Crippen LogP contribution in [0.25, 0.3) is 0 Å². The van der Waals surface area contributed by atoms with Crippen LogP contribution in [0.3, 0.4) is 0 Å². The minimum atomic E-state index is -1.66. The molecule has 1 aliphatic heterocycles. The molecule has 1 amide bonds. The van der Waals surface area contributed by atoms with Crippen molar-refractivity contribution in [3.8, 4) is 0 Å². The van der Waals surface area contributed by atoms with Crippen molar-refractivity contribution >= 4 is 5.91 Å². The molecule has 1 saturated heterocycles. The van der Waals surface area contributed by atoms with E-state index >= 15 is 0 Å². The van der Waals surface area contributed by atoms with Gasteiger partial charge in [0, 0.05) is 0 Å². The van der Waals surface area contributed by atoms with Crippen LogP contribution in [0, 0.1) is 0 Å². The Hall–Kier alpha value is -1.15. The maximum absolute atomic E-state index is 13.1. The van der Waals surface area contributed by atoms with E-state index in [2.05, 4.69) is 31.3 Å². The summed E-state index contributed by atoms with van der Waals surface area (Å²) in [6.07, 6.45) is 28.3. The van der Waals surface area contributed by atoms with Crippen molar-refractivity contribution in [3.63, 3.8) is 0 Å². The molecule has 0 bridgehead atoms. The molecule has 1 rings (SSSR count). The minimum Gasteiger partial charge on any atom is -0.394 e.